The number of hydrogen-bond donors (Lipinski definition) is 3. The maximum atomic E-state index is 11.3. The van der Waals surface area contributed by atoms with Gasteiger partial charge in [-0.1, -0.05) is 0 Å². The van der Waals surface area contributed by atoms with Gasteiger partial charge < -0.3 is 20.8 Å². The molecule has 0 aromatic heterocycles. The Labute approximate surface area is 88.7 Å². The van der Waals surface area contributed by atoms with Crippen LogP contribution in [0.4, 0.5) is 0 Å². The van der Waals surface area contributed by atoms with Crippen molar-refractivity contribution in [3.8, 4) is 0 Å². The van der Waals surface area contributed by atoms with Crippen LogP contribution < -0.4 is 5.73 Å². The Bertz CT molecular complexity index is 220. The molecule has 0 rings (SSSR count). The van der Waals surface area contributed by atoms with Gasteiger partial charge in [0.05, 0.1) is 6.10 Å². The molecule has 0 saturated carbocycles. The topological polar surface area (TPSA) is 104 Å². The maximum absolute atomic E-state index is 11.3. The molecule has 88 valence electrons. The van der Waals surface area contributed by atoms with E-state index in [-0.39, 0.29) is 25.4 Å². The Morgan fingerprint density at radius 1 is 1.47 bits per heavy atom. The van der Waals surface area contributed by atoms with Crippen LogP contribution in [-0.4, -0.2) is 53.2 Å². The number of carbonyl (C=O) groups excluding carboxylic acids is 1. The van der Waals surface area contributed by atoms with Crippen LogP contribution in [0.15, 0.2) is 0 Å². The van der Waals surface area contributed by atoms with Crippen LogP contribution in [0.2, 0.25) is 0 Å². The second-order valence-corrected chi connectivity index (χ2v) is 3.43. The summed E-state index contributed by atoms with van der Waals surface area (Å²) in [6.07, 6.45) is 0.632. The Kier molecular flexibility index (Phi) is 6.64. The lowest BCUT2D eigenvalue weighted by Gasteiger charge is -2.14. The van der Waals surface area contributed by atoms with Crippen molar-refractivity contribution in [1.29, 1.82) is 0 Å². The molecule has 6 nitrogen and oxygen atoms in total. The fourth-order valence-corrected chi connectivity index (χ4v) is 1.09. The van der Waals surface area contributed by atoms with Gasteiger partial charge in [-0.05, 0) is 12.8 Å². The molecule has 0 aromatic rings. The van der Waals surface area contributed by atoms with E-state index in [1.807, 2.05) is 0 Å². The SMILES string of the molecule is CN(CC(=O)O)C(=O)CCC[C@@H](O)CN. The van der Waals surface area contributed by atoms with Gasteiger partial charge in [0.1, 0.15) is 6.54 Å². The molecule has 6 heteroatoms. The molecule has 0 unspecified atom stereocenters. The molecule has 0 aliphatic carbocycles. The number of aliphatic hydroxyl groups excluding tert-OH is 1. The molecule has 0 aliphatic rings. The zero-order valence-electron chi connectivity index (χ0n) is 8.85. The molecule has 15 heavy (non-hydrogen) atoms. The predicted octanol–water partition coefficient (Wildman–Crippen LogP) is -0.981. The van der Waals surface area contributed by atoms with E-state index in [0.29, 0.717) is 12.8 Å². The number of hydrogen-bond acceptors (Lipinski definition) is 4. The lowest BCUT2D eigenvalue weighted by molar-refractivity contribution is -0.143. The summed E-state index contributed by atoms with van der Waals surface area (Å²) in [6, 6.07) is 0. The normalized spacial score (nSPS) is 12.2. The van der Waals surface area contributed by atoms with E-state index in [1.54, 1.807) is 0 Å². The largest absolute Gasteiger partial charge is 0.480 e. The second kappa shape index (κ2) is 7.19. The van der Waals surface area contributed by atoms with Gasteiger partial charge in [0, 0.05) is 20.0 Å². The van der Waals surface area contributed by atoms with Gasteiger partial charge >= 0.3 is 5.97 Å². The van der Waals surface area contributed by atoms with Crippen LogP contribution >= 0.6 is 0 Å². The molecule has 0 radical (unpaired) electrons. The molecule has 1 amide bonds. The van der Waals surface area contributed by atoms with Crippen molar-refractivity contribution >= 4 is 11.9 Å². The van der Waals surface area contributed by atoms with Crippen LogP contribution in [-0.2, 0) is 9.59 Å². The number of carbonyl (C=O) groups is 2. The minimum Gasteiger partial charge on any atom is -0.480 e. The number of carboxylic acids is 1. The van der Waals surface area contributed by atoms with E-state index in [1.165, 1.54) is 7.05 Å². The number of rotatable bonds is 7. The van der Waals surface area contributed by atoms with Crippen molar-refractivity contribution in [3.05, 3.63) is 0 Å². The summed E-state index contributed by atoms with van der Waals surface area (Å²) in [6.45, 7) is -0.114. The quantitative estimate of drug-likeness (QED) is 0.509. The highest BCUT2D eigenvalue weighted by atomic mass is 16.4. The van der Waals surface area contributed by atoms with E-state index in [0.717, 1.165) is 4.90 Å². The molecule has 0 saturated heterocycles. The monoisotopic (exact) mass is 218 g/mol. The first-order chi connectivity index (χ1) is 6.97. The molecule has 0 heterocycles. The van der Waals surface area contributed by atoms with Gasteiger partial charge in [0.15, 0.2) is 0 Å². The molecule has 0 aliphatic heterocycles. The summed E-state index contributed by atoms with van der Waals surface area (Å²) >= 11 is 0. The van der Waals surface area contributed by atoms with Crippen molar-refractivity contribution in [2.45, 2.75) is 25.4 Å². The summed E-state index contributed by atoms with van der Waals surface area (Å²) in [4.78, 5) is 22.7. The lowest BCUT2D eigenvalue weighted by atomic mass is 10.1. The smallest absolute Gasteiger partial charge is 0.323 e. The number of amides is 1. The van der Waals surface area contributed by atoms with Crippen molar-refractivity contribution in [1.82, 2.24) is 4.90 Å². The Hall–Kier alpha value is -1.14. The standard InChI is InChI=1S/C9H18N2O4/c1-11(6-9(14)15)8(13)4-2-3-7(12)5-10/h7,12H,2-6,10H2,1H3,(H,14,15)/t7-/m1/s1. The summed E-state index contributed by atoms with van der Waals surface area (Å²) in [7, 11) is 1.44. The lowest BCUT2D eigenvalue weighted by Crippen LogP contribution is -2.32. The van der Waals surface area contributed by atoms with Crippen LogP contribution in [0.3, 0.4) is 0 Å². The zero-order valence-corrected chi connectivity index (χ0v) is 8.85. The second-order valence-electron chi connectivity index (χ2n) is 3.43. The van der Waals surface area contributed by atoms with Gasteiger partial charge in [0.25, 0.3) is 0 Å². The first kappa shape index (κ1) is 13.9. The van der Waals surface area contributed by atoms with Gasteiger partial charge in [0.2, 0.25) is 5.91 Å². The molecular weight excluding hydrogens is 200 g/mol. The third kappa shape index (κ3) is 6.87. The Morgan fingerprint density at radius 2 is 2.07 bits per heavy atom. The van der Waals surface area contributed by atoms with Crippen LogP contribution in [0.25, 0.3) is 0 Å². The van der Waals surface area contributed by atoms with Crippen molar-refractivity contribution in [3.63, 3.8) is 0 Å². The fourth-order valence-electron chi connectivity index (χ4n) is 1.09. The van der Waals surface area contributed by atoms with Crippen molar-refractivity contribution in [2.75, 3.05) is 20.1 Å². The van der Waals surface area contributed by atoms with Crippen LogP contribution in [0.5, 0.6) is 0 Å². The fraction of sp³-hybridized carbons (Fsp3) is 0.778. The van der Waals surface area contributed by atoms with Crippen molar-refractivity contribution < 1.29 is 19.8 Å². The molecule has 0 aromatic carbocycles. The molecular formula is C9H18N2O4. The highest BCUT2D eigenvalue weighted by Crippen LogP contribution is 2.02. The summed E-state index contributed by atoms with van der Waals surface area (Å²) in [5, 5.41) is 17.5. The first-order valence-corrected chi connectivity index (χ1v) is 4.81. The van der Waals surface area contributed by atoms with Crippen LogP contribution in [0, 0.1) is 0 Å². The number of carboxylic acid groups (broad SMARTS) is 1. The predicted molar refractivity (Wildman–Crippen MR) is 54.2 cm³/mol. The summed E-state index contributed by atoms with van der Waals surface area (Å²) in [5.74, 6) is -1.27. The number of nitrogens with zero attached hydrogens (tertiary/aromatic N) is 1. The summed E-state index contributed by atoms with van der Waals surface area (Å²) < 4.78 is 0. The molecule has 4 N–H and O–H groups in total. The Balaban J connectivity index is 3.69. The number of nitrogens with two attached hydrogens (primary N) is 1. The average molecular weight is 218 g/mol. The van der Waals surface area contributed by atoms with Gasteiger partial charge in [-0.15, -0.1) is 0 Å². The minimum atomic E-state index is -1.03. The molecule has 0 fully saturated rings. The molecule has 0 bridgehead atoms. The van der Waals surface area contributed by atoms with Gasteiger partial charge in [-0.2, -0.15) is 0 Å². The van der Waals surface area contributed by atoms with Gasteiger partial charge in [-0.3, -0.25) is 9.59 Å². The highest BCUT2D eigenvalue weighted by molar-refractivity contribution is 5.80. The highest BCUT2D eigenvalue weighted by Gasteiger charge is 2.12. The van der Waals surface area contributed by atoms with E-state index in [9.17, 15) is 9.59 Å². The minimum absolute atomic E-state index is 0.180. The van der Waals surface area contributed by atoms with Gasteiger partial charge in [-0.25, -0.2) is 0 Å². The van der Waals surface area contributed by atoms with Crippen molar-refractivity contribution in [2.24, 2.45) is 5.73 Å². The number of aliphatic carboxylic acids is 1. The average Bonchev–Trinajstić information content (AvgIpc) is 2.16. The first-order valence-electron chi connectivity index (χ1n) is 4.81. The van der Waals surface area contributed by atoms with E-state index in [2.05, 4.69) is 0 Å². The Morgan fingerprint density at radius 3 is 2.53 bits per heavy atom. The summed E-state index contributed by atoms with van der Waals surface area (Å²) in [5.41, 5.74) is 5.19. The molecule has 1 atom stereocenters. The van der Waals surface area contributed by atoms with E-state index < -0.39 is 12.1 Å². The third-order valence-corrected chi connectivity index (χ3v) is 2.00. The maximum Gasteiger partial charge on any atom is 0.323 e. The number of likely N-dealkylation sites (N-methyl/N-ethyl adjacent to an activating group) is 1. The van der Waals surface area contributed by atoms with Crippen LogP contribution in [0.1, 0.15) is 19.3 Å². The molecule has 0 spiro atoms. The van der Waals surface area contributed by atoms with E-state index >= 15 is 0 Å². The number of aliphatic hydroxyl groups is 1. The zero-order chi connectivity index (χ0) is 11.8. The van der Waals surface area contributed by atoms with E-state index in [4.69, 9.17) is 15.9 Å². The third-order valence-electron chi connectivity index (χ3n) is 2.00.